The SMILES string of the molecule is COc1cncc(NC(C)(C)C(=O)O)n1. The van der Waals surface area contributed by atoms with Crippen molar-refractivity contribution in [1.82, 2.24) is 9.97 Å². The van der Waals surface area contributed by atoms with Crippen molar-refractivity contribution in [2.45, 2.75) is 19.4 Å². The molecule has 0 atom stereocenters. The molecule has 0 spiro atoms. The van der Waals surface area contributed by atoms with Crippen LogP contribution in [0.15, 0.2) is 12.4 Å². The summed E-state index contributed by atoms with van der Waals surface area (Å²) in [6, 6.07) is 0. The van der Waals surface area contributed by atoms with E-state index in [0.717, 1.165) is 0 Å². The minimum atomic E-state index is -1.10. The Balaban J connectivity index is 2.85. The molecule has 0 aliphatic heterocycles. The van der Waals surface area contributed by atoms with E-state index in [1.54, 1.807) is 0 Å². The molecular formula is C9H13N3O3. The number of aromatic nitrogens is 2. The van der Waals surface area contributed by atoms with Gasteiger partial charge in [-0.25, -0.2) is 4.79 Å². The van der Waals surface area contributed by atoms with Gasteiger partial charge in [0, 0.05) is 0 Å². The summed E-state index contributed by atoms with van der Waals surface area (Å²) in [7, 11) is 1.47. The Kier molecular flexibility index (Phi) is 3.08. The summed E-state index contributed by atoms with van der Waals surface area (Å²) in [5.74, 6) is -0.268. The van der Waals surface area contributed by atoms with Crippen molar-refractivity contribution < 1.29 is 14.6 Å². The Morgan fingerprint density at radius 3 is 2.73 bits per heavy atom. The molecule has 1 heterocycles. The predicted molar refractivity (Wildman–Crippen MR) is 53.9 cm³/mol. The van der Waals surface area contributed by atoms with E-state index in [-0.39, 0.29) is 0 Å². The first kappa shape index (κ1) is 11.2. The monoisotopic (exact) mass is 211 g/mol. The number of ether oxygens (including phenoxy) is 1. The molecule has 1 aromatic rings. The molecule has 0 unspecified atom stereocenters. The number of rotatable bonds is 4. The van der Waals surface area contributed by atoms with Gasteiger partial charge in [-0.1, -0.05) is 0 Å². The average Bonchev–Trinajstić information content (AvgIpc) is 2.17. The third-order valence-electron chi connectivity index (χ3n) is 1.80. The highest BCUT2D eigenvalue weighted by molar-refractivity contribution is 5.81. The van der Waals surface area contributed by atoms with Crippen LogP contribution < -0.4 is 10.1 Å². The average molecular weight is 211 g/mol. The van der Waals surface area contributed by atoms with Crippen LogP contribution in [0.25, 0.3) is 0 Å². The molecule has 0 aliphatic rings. The van der Waals surface area contributed by atoms with Gasteiger partial charge in [0.2, 0.25) is 5.88 Å². The lowest BCUT2D eigenvalue weighted by Crippen LogP contribution is -2.40. The number of carboxylic acids is 1. The molecule has 0 bridgehead atoms. The van der Waals surface area contributed by atoms with Crippen molar-refractivity contribution in [1.29, 1.82) is 0 Å². The van der Waals surface area contributed by atoms with Crippen LogP contribution in [0.5, 0.6) is 5.88 Å². The molecule has 1 aromatic heterocycles. The number of carbonyl (C=O) groups is 1. The van der Waals surface area contributed by atoms with Gasteiger partial charge in [0.25, 0.3) is 0 Å². The normalized spacial score (nSPS) is 10.9. The molecule has 82 valence electrons. The maximum Gasteiger partial charge on any atom is 0.328 e. The summed E-state index contributed by atoms with van der Waals surface area (Å²) in [5, 5.41) is 11.6. The smallest absolute Gasteiger partial charge is 0.328 e. The quantitative estimate of drug-likeness (QED) is 0.764. The van der Waals surface area contributed by atoms with Crippen molar-refractivity contribution in [3.8, 4) is 5.88 Å². The Morgan fingerprint density at radius 1 is 1.53 bits per heavy atom. The largest absolute Gasteiger partial charge is 0.480 e. The van der Waals surface area contributed by atoms with E-state index in [1.165, 1.54) is 33.4 Å². The molecule has 0 radical (unpaired) electrons. The number of anilines is 1. The third-order valence-corrected chi connectivity index (χ3v) is 1.80. The topological polar surface area (TPSA) is 84.3 Å². The number of hydrogen-bond acceptors (Lipinski definition) is 5. The summed E-state index contributed by atoms with van der Waals surface area (Å²) in [6.45, 7) is 3.08. The summed E-state index contributed by atoms with van der Waals surface area (Å²) < 4.78 is 4.87. The lowest BCUT2D eigenvalue weighted by molar-refractivity contribution is -0.141. The number of methoxy groups -OCH3 is 1. The second-order valence-corrected chi connectivity index (χ2v) is 3.50. The zero-order chi connectivity index (χ0) is 11.5. The number of nitrogens with zero attached hydrogens (tertiary/aromatic N) is 2. The first-order chi connectivity index (χ1) is 6.95. The third kappa shape index (κ3) is 2.80. The number of carboxylic acid groups (broad SMARTS) is 1. The highest BCUT2D eigenvalue weighted by atomic mass is 16.5. The van der Waals surface area contributed by atoms with Gasteiger partial charge in [-0.3, -0.25) is 4.98 Å². The Bertz CT molecular complexity index is 365. The molecule has 15 heavy (non-hydrogen) atoms. The second kappa shape index (κ2) is 4.12. The first-order valence-electron chi connectivity index (χ1n) is 4.33. The molecule has 6 heteroatoms. The first-order valence-corrected chi connectivity index (χ1v) is 4.33. The van der Waals surface area contributed by atoms with E-state index < -0.39 is 11.5 Å². The number of hydrogen-bond donors (Lipinski definition) is 2. The molecule has 0 saturated heterocycles. The number of nitrogens with one attached hydrogen (secondary N) is 1. The standard InChI is InChI=1S/C9H13N3O3/c1-9(2,8(13)14)12-6-4-10-5-7(11-6)15-3/h4-5H,1-3H3,(H,11,12)(H,13,14). The van der Waals surface area contributed by atoms with Gasteiger partial charge in [-0.05, 0) is 13.8 Å². The Morgan fingerprint density at radius 2 is 2.20 bits per heavy atom. The van der Waals surface area contributed by atoms with Crippen LogP contribution in [0, 0.1) is 0 Å². The summed E-state index contributed by atoms with van der Waals surface area (Å²) in [5.41, 5.74) is -1.10. The highest BCUT2D eigenvalue weighted by Crippen LogP contribution is 2.14. The fourth-order valence-electron chi connectivity index (χ4n) is 0.880. The molecule has 6 nitrogen and oxygen atoms in total. The molecule has 2 N–H and O–H groups in total. The van der Waals surface area contributed by atoms with Crippen molar-refractivity contribution in [3.63, 3.8) is 0 Å². The van der Waals surface area contributed by atoms with Crippen molar-refractivity contribution in [2.75, 3.05) is 12.4 Å². The molecule has 0 amide bonds. The van der Waals surface area contributed by atoms with Gasteiger partial charge in [0.15, 0.2) is 0 Å². The fourth-order valence-corrected chi connectivity index (χ4v) is 0.880. The maximum atomic E-state index is 10.8. The van der Waals surface area contributed by atoms with Crippen LogP contribution in [-0.2, 0) is 4.79 Å². The van der Waals surface area contributed by atoms with Gasteiger partial charge >= 0.3 is 5.97 Å². The molecular weight excluding hydrogens is 198 g/mol. The number of aliphatic carboxylic acids is 1. The van der Waals surface area contributed by atoms with Crippen LogP contribution in [-0.4, -0.2) is 33.7 Å². The lowest BCUT2D eigenvalue weighted by atomic mass is 10.1. The van der Waals surface area contributed by atoms with E-state index in [2.05, 4.69) is 15.3 Å². The highest BCUT2D eigenvalue weighted by Gasteiger charge is 2.27. The summed E-state index contributed by atoms with van der Waals surface area (Å²) in [6.07, 6.45) is 2.88. The molecule has 1 rings (SSSR count). The van der Waals surface area contributed by atoms with Gasteiger partial charge in [-0.15, -0.1) is 0 Å². The van der Waals surface area contributed by atoms with E-state index in [1.807, 2.05) is 0 Å². The Labute approximate surface area is 87.3 Å². The fraction of sp³-hybridized carbons (Fsp3) is 0.444. The van der Waals surface area contributed by atoms with Crippen molar-refractivity contribution >= 4 is 11.8 Å². The lowest BCUT2D eigenvalue weighted by Gasteiger charge is -2.21. The van der Waals surface area contributed by atoms with Gasteiger partial charge in [-0.2, -0.15) is 4.98 Å². The van der Waals surface area contributed by atoms with E-state index >= 15 is 0 Å². The summed E-state index contributed by atoms with van der Waals surface area (Å²) in [4.78, 5) is 18.7. The van der Waals surface area contributed by atoms with Crippen LogP contribution in [0.1, 0.15) is 13.8 Å². The zero-order valence-electron chi connectivity index (χ0n) is 8.81. The van der Waals surface area contributed by atoms with E-state index in [9.17, 15) is 4.79 Å². The van der Waals surface area contributed by atoms with Crippen LogP contribution in [0.3, 0.4) is 0 Å². The minimum absolute atomic E-state index is 0.334. The molecule has 0 aliphatic carbocycles. The van der Waals surface area contributed by atoms with Gasteiger partial charge < -0.3 is 15.2 Å². The van der Waals surface area contributed by atoms with Crippen LogP contribution in [0.2, 0.25) is 0 Å². The van der Waals surface area contributed by atoms with Crippen LogP contribution in [0.4, 0.5) is 5.82 Å². The van der Waals surface area contributed by atoms with Crippen molar-refractivity contribution in [3.05, 3.63) is 12.4 Å². The van der Waals surface area contributed by atoms with Crippen LogP contribution >= 0.6 is 0 Å². The predicted octanol–water partition coefficient (Wildman–Crippen LogP) is 0.760. The summed E-state index contributed by atoms with van der Waals surface area (Å²) >= 11 is 0. The minimum Gasteiger partial charge on any atom is -0.480 e. The Hall–Kier alpha value is -1.85. The second-order valence-electron chi connectivity index (χ2n) is 3.50. The van der Waals surface area contributed by atoms with E-state index in [4.69, 9.17) is 9.84 Å². The zero-order valence-corrected chi connectivity index (χ0v) is 8.81. The molecule has 0 saturated carbocycles. The molecule has 0 aromatic carbocycles. The van der Waals surface area contributed by atoms with Crippen molar-refractivity contribution in [2.24, 2.45) is 0 Å². The van der Waals surface area contributed by atoms with E-state index in [0.29, 0.717) is 11.7 Å². The van der Waals surface area contributed by atoms with Gasteiger partial charge in [0.05, 0.1) is 19.5 Å². The maximum absolute atomic E-state index is 10.8. The molecule has 0 fully saturated rings. The van der Waals surface area contributed by atoms with Gasteiger partial charge in [0.1, 0.15) is 11.4 Å².